The Balaban J connectivity index is 0. The summed E-state index contributed by atoms with van der Waals surface area (Å²) in [5, 5.41) is 6.65. The fourth-order valence-corrected chi connectivity index (χ4v) is 1.04. The highest BCUT2D eigenvalue weighted by atomic mass is 15.1. The molecular weight excluding hydrogens is 214 g/mol. The number of nitrogens with zero attached hydrogens (tertiary/aromatic N) is 1. The van der Waals surface area contributed by atoms with E-state index in [4.69, 9.17) is 0 Å². The minimum atomic E-state index is 1.13. The summed E-state index contributed by atoms with van der Waals surface area (Å²) in [6.07, 6.45) is 3.70. The van der Waals surface area contributed by atoms with Crippen molar-refractivity contribution in [2.75, 3.05) is 21.1 Å². The molecule has 0 aliphatic carbocycles. The predicted molar refractivity (Wildman–Crippen MR) is 74.4 cm³/mol. The molecule has 0 bridgehead atoms. The molecule has 0 unspecified atom stereocenters. The molecule has 0 fully saturated rings. The molecule has 96 valence electrons. The number of H-pyrrole nitrogens is 1. The van der Waals surface area contributed by atoms with Crippen molar-refractivity contribution in [3.8, 4) is 11.1 Å². The molecule has 0 saturated heterocycles. The highest BCUT2D eigenvalue weighted by Crippen LogP contribution is 2.15. The lowest BCUT2D eigenvalue weighted by molar-refractivity contribution is 1.09. The Morgan fingerprint density at radius 1 is 0.824 bits per heavy atom. The average molecular weight is 237 g/mol. The molecule has 2 aromatic rings. The van der Waals surface area contributed by atoms with Crippen molar-refractivity contribution in [3.63, 3.8) is 0 Å². The van der Waals surface area contributed by atoms with Crippen LogP contribution in [0.25, 0.3) is 11.1 Å². The molecule has 0 spiro atoms. The van der Waals surface area contributed by atoms with Crippen LogP contribution in [-0.2, 0) is 0 Å². The Hall–Kier alpha value is -1.69. The van der Waals surface area contributed by atoms with Crippen LogP contribution in [0, 0.1) is 0 Å². The summed E-state index contributed by atoms with van der Waals surface area (Å²) in [6.45, 7) is 0. The molecule has 5 heteroatoms. The zero-order chi connectivity index (χ0) is 13.5. The van der Waals surface area contributed by atoms with Gasteiger partial charge < -0.3 is 17.2 Å². The van der Waals surface area contributed by atoms with Crippen LogP contribution in [0.3, 0.4) is 0 Å². The van der Waals surface area contributed by atoms with Crippen LogP contribution in [-0.4, -0.2) is 31.3 Å². The van der Waals surface area contributed by atoms with E-state index in [1.807, 2.05) is 30.6 Å². The number of benzene rings is 1. The molecule has 1 aromatic carbocycles. The van der Waals surface area contributed by atoms with Gasteiger partial charge in [0.2, 0.25) is 0 Å². The summed E-state index contributed by atoms with van der Waals surface area (Å²) in [5.74, 6) is 0. The molecule has 1 heterocycles. The lowest BCUT2D eigenvalue weighted by atomic mass is 10.1. The van der Waals surface area contributed by atoms with Gasteiger partial charge in [0.05, 0.1) is 6.20 Å². The van der Waals surface area contributed by atoms with E-state index in [-0.39, 0.29) is 0 Å². The fourth-order valence-electron chi connectivity index (χ4n) is 1.04. The molecule has 1 aromatic heterocycles. The van der Waals surface area contributed by atoms with Crippen molar-refractivity contribution in [3.05, 3.63) is 42.7 Å². The molecule has 2 rings (SSSR count). The molecule has 5 nitrogen and oxygen atoms in total. The van der Waals surface area contributed by atoms with Crippen LogP contribution in [0.4, 0.5) is 0 Å². The summed E-state index contributed by atoms with van der Waals surface area (Å²) in [6, 6.07) is 10.2. The molecule has 0 aliphatic rings. The molecule has 0 radical (unpaired) electrons. The summed E-state index contributed by atoms with van der Waals surface area (Å²) in [4.78, 5) is 0. The topological polar surface area (TPSA) is 107 Å². The Labute approximate surface area is 103 Å². The Kier molecular flexibility index (Phi) is 14.9. The third-order valence-electron chi connectivity index (χ3n) is 1.61. The Bertz CT molecular complexity index is 318. The van der Waals surface area contributed by atoms with Gasteiger partial charge in [0.25, 0.3) is 0 Å². The second-order valence-corrected chi connectivity index (χ2v) is 2.35. The predicted octanol–water partition coefficient (Wildman–Crippen LogP) is 0.801. The number of aromatic amines is 1. The van der Waals surface area contributed by atoms with Crippen LogP contribution >= 0.6 is 0 Å². The second kappa shape index (κ2) is 14.3. The molecule has 0 amide bonds. The first-order valence-electron chi connectivity index (χ1n) is 5.24. The van der Waals surface area contributed by atoms with Gasteiger partial charge in [0.15, 0.2) is 0 Å². The minimum absolute atomic E-state index is 1.13. The Morgan fingerprint density at radius 3 is 1.76 bits per heavy atom. The Morgan fingerprint density at radius 2 is 1.35 bits per heavy atom. The lowest BCUT2D eigenvalue weighted by Crippen LogP contribution is -1.69. The quantitative estimate of drug-likeness (QED) is 0.588. The second-order valence-electron chi connectivity index (χ2n) is 2.35. The van der Waals surface area contributed by atoms with Crippen molar-refractivity contribution in [2.24, 2.45) is 17.2 Å². The van der Waals surface area contributed by atoms with Gasteiger partial charge in [-0.05, 0) is 26.7 Å². The zero-order valence-corrected chi connectivity index (χ0v) is 10.7. The molecule has 7 N–H and O–H groups in total. The van der Waals surface area contributed by atoms with Gasteiger partial charge in [0.1, 0.15) is 0 Å². The van der Waals surface area contributed by atoms with E-state index in [2.05, 4.69) is 39.5 Å². The summed E-state index contributed by atoms with van der Waals surface area (Å²) in [5.41, 5.74) is 15.8. The van der Waals surface area contributed by atoms with Gasteiger partial charge in [-0.3, -0.25) is 5.10 Å². The number of aromatic nitrogens is 2. The fraction of sp³-hybridized carbons (Fsp3) is 0.250. The van der Waals surface area contributed by atoms with Crippen molar-refractivity contribution < 1.29 is 0 Å². The first-order valence-corrected chi connectivity index (χ1v) is 5.24. The standard InChI is InChI=1S/C9H8N2.3CH5N/c1-2-4-8(5-3-1)9-6-10-11-7-9;3*1-2/h1-7H,(H,10,11);3*2H2,1H3. The first-order chi connectivity index (χ1) is 8.47. The maximum Gasteiger partial charge on any atom is 0.0565 e. The maximum absolute atomic E-state index is 4.50. The van der Waals surface area contributed by atoms with Crippen LogP contribution < -0.4 is 17.2 Å². The van der Waals surface area contributed by atoms with Crippen molar-refractivity contribution in [2.45, 2.75) is 0 Å². The van der Waals surface area contributed by atoms with Gasteiger partial charge in [-0.25, -0.2) is 0 Å². The van der Waals surface area contributed by atoms with E-state index in [1.54, 1.807) is 0 Å². The van der Waals surface area contributed by atoms with Crippen LogP contribution in [0.1, 0.15) is 0 Å². The van der Waals surface area contributed by atoms with E-state index < -0.39 is 0 Å². The summed E-state index contributed by atoms with van der Waals surface area (Å²) < 4.78 is 0. The van der Waals surface area contributed by atoms with E-state index >= 15 is 0 Å². The maximum atomic E-state index is 4.50. The molecule has 17 heavy (non-hydrogen) atoms. The van der Waals surface area contributed by atoms with E-state index in [0.717, 1.165) is 5.56 Å². The van der Waals surface area contributed by atoms with E-state index in [1.165, 1.54) is 26.7 Å². The highest BCUT2D eigenvalue weighted by Gasteiger charge is 1.94. The largest absolute Gasteiger partial charge is 0.333 e. The van der Waals surface area contributed by atoms with E-state index in [9.17, 15) is 0 Å². The van der Waals surface area contributed by atoms with Gasteiger partial charge >= 0.3 is 0 Å². The highest BCUT2D eigenvalue weighted by molar-refractivity contribution is 5.60. The minimum Gasteiger partial charge on any atom is -0.333 e. The third-order valence-corrected chi connectivity index (χ3v) is 1.61. The zero-order valence-electron chi connectivity index (χ0n) is 10.7. The number of hydrogen-bond donors (Lipinski definition) is 4. The lowest BCUT2D eigenvalue weighted by Gasteiger charge is -1.92. The summed E-state index contributed by atoms with van der Waals surface area (Å²) in [7, 11) is 4.50. The molecule has 0 saturated carbocycles. The van der Waals surface area contributed by atoms with Gasteiger partial charge in [0, 0.05) is 11.8 Å². The van der Waals surface area contributed by atoms with Crippen LogP contribution in [0.2, 0.25) is 0 Å². The van der Waals surface area contributed by atoms with Crippen molar-refractivity contribution >= 4 is 0 Å². The van der Waals surface area contributed by atoms with E-state index in [0.29, 0.717) is 0 Å². The average Bonchev–Trinajstić information content (AvgIpc) is 3.01. The summed E-state index contributed by atoms with van der Waals surface area (Å²) >= 11 is 0. The number of nitrogens with two attached hydrogens (primary N) is 3. The first kappa shape index (κ1) is 17.7. The smallest absolute Gasteiger partial charge is 0.0565 e. The normalized spacial score (nSPS) is 7.41. The van der Waals surface area contributed by atoms with Gasteiger partial charge in [-0.1, -0.05) is 30.3 Å². The van der Waals surface area contributed by atoms with Crippen LogP contribution in [0.5, 0.6) is 0 Å². The number of rotatable bonds is 1. The number of nitrogens with one attached hydrogen (secondary N) is 1. The molecular formula is C12H23N5. The monoisotopic (exact) mass is 237 g/mol. The van der Waals surface area contributed by atoms with Gasteiger partial charge in [-0.2, -0.15) is 5.10 Å². The van der Waals surface area contributed by atoms with Gasteiger partial charge in [-0.15, -0.1) is 0 Å². The van der Waals surface area contributed by atoms with Crippen molar-refractivity contribution in [1.82, 2.24) is 10.2 Å². The molecule has 0 atom stereocenters. The number of hydrogen-bond acceptors (Lipinski definition) is 4. The van der Waals surface area contributed by atoms with Crippen LogP contribution in [0.15, 0.2) is 42.7 Å². The SMILES string of the molecule is CN.CN.CN.c1ccc(-c2cn[nH]c2)cc1. The third kappa shape index (κ3) is 7.24. The van der Waals surface area contributed by atoms with Crippen molar-refractivity contribution in [1.29, 1.82) is 0 Å². The molecule has 0 aliphatic heterocycles.